The number of hydrogen-bond acceptors (Lipinski definition) is 5. The van der Waals surface area contributed by atoms with Gasteiger partial charge in [-0.25, -0.2) is 14.2 Å². The van der Waals surface area contributed by atoms with Gasteiger partial charge < -0.3 is 15.0 Å². The van der Waals surface area contributed by atoms with Gasteiger partial charge in [0.15, 0.2) is 0 Å². The summed E-state index contributed by atoms with van der Waals surface area (Å²) in [5.41, 5.74) is -1.13. The van der Waals surface area contributed by atoms with Crippen LogP contribution in [0.25, 0.3) is 16.5 Å². The Balaban J connectivity index is 1.58. The summed E-state index contributed by atoms with van der Waals surface area (Å²) in [5.74, 6) is -1.79. The number of alkyl halides is 3. The third-order valence-corrected chi connectivity index (χ3v) is 7.32. The molecule has 0 saturated carbocycles. The van der Waals surface area contributed by atoms with Crippen molar-refractivity contribution in [1.82, 2.24) is 19.4 Å². The van der Waals surface area contributed by atoms with E-state index >= 15 is 0 Å². The Morgan fingerprint density at radius 2 is 1.69 bits per heavy atom. The number of aryl methyl sites for hydroxylation is 1. The van der Waals surface area contributed by atoms with E-state index in [9.17, 15) is 37.5 Å². The molecule has 2 aromatic carbocycles. The molecule has 208 valence electrons. The molecule has 2 N–H and O–H groups in total. The van der Waals surface area contributed by atoms with E-state index in [2.05, 4.69) is 5.32 Å². The predicted octanol–water partition coefficient (Wildman–Crippen LogP) is 2.47. The van der Waals surface area contributed by atoms with Gasteiger partial charge in [-0.05, 0) is 42.9 Å². The number of aliphatic carboxylic acids is 1. The van der Waals surface area contributed by atoms with E-state index in [0.29, 0.717) is 22.0 Å². The summed E-state index contributed by atoms with van der Waals surface area (Å²) in [6, 6.07) is 10.1. The number of benzene rings is 2. The van der Waals surface area contributed by atoms with Crippen LogP contribution in [-0.2, 0) is 23.1 Å². The van der Waals surface area contributed by atoms with Gasteiger partial charge in [-0.3, -0.25) is 14.5 Å². The standard InChI is InChI=1S/C27H29F3N4O5/c1-26(10-13-33(14-11-26)16-27(28,29)30)24(38)31-20(23(36)37)15-17-5-3-7-19-18(17)6-4-8-21(19)34-22(35)9-12-32(2)25(34)39/h3-9,12,20H,10-11,13-16H2,1-2H3,(H,31,38)(H,36,37)/t20-/m0/s1. The Bertz CT molecular complexity index is 1520. The molecular formula is C27H29F3N4O5. The summed E-state index contributed by atoms with van der Waals surface area (Å²) >= 11 is 0. The first-order chi connectivity index (χ1) is 18.3. The Labute approximate surface area is 221 Å². The van der Waals surface area contributed by atoms with Crippen molar-refractivity contribution in [2.45, 2.75) is 38.4 Å². The summed E-state index contributed by atoms with van der Waals surface area (Å²) < 4.78 is 40.5. The van der Waals surface area contributed by atoms with E-state index in [1.165, 1.54) is 28.8 Å². The van der Waals surface area contributed by atoms with Gasteiger partial charge in [-0.2, -0.15) is 13.2 Å². The zero-order valence-electron chi connectivity index (χ0n) is 21.5. The maximum absolute atomic E-state index is 13.1. The quantitative estimate of drug-likeness (QED) is 0.471. The highest BCUT2D eigenvalue weighted by Gasteiger charge is 2.41. The number of carbonyl (C=O) groups is 2. The molecule has 2 heterocycles. The second-order valence-electron chi connectivity index (χ2n) is 10.2. The van der Waals surface area contributed by atoms with Crippen molar-refractivity contribution in [2.24, 2.45) is 12.5 Å². The number of nitrogens with zero attached hydrogens (tertiary/aromatic N) is 3. The number of aromatic nitrogens is 2. The predicted molar refractivity (Wildman–Crippen MR) is 138 cm³/mol. The fourth-order valence-corrected chi connectivity index (χ4v) is 4.96. The molecule has 9 nitrogen and oxygen atoms in total. The average molecular weight is 547 g/mol. The lowest BCUT2D eigenvalue weighted by Gasteiger charge is -2.38. The van der Waals surface area contributed by atoms with Gasteiger partial charge in [0.2, 0.25) is 5.91 Å². The lowest BCUT2D eigenvalue weighted by molar-refractivity contribution is -0.154. The minimum absolute atomic E-state index is 0.0750. The number of halogens is 3. The molecule has 12 heteroatoms. The molecule has 1 saturated heterocycles. The molecule has 0 aliphatic carbocycles. The monoisotopic (exact) mass is 546 g/mol. The molecule has 0 bridgehead atoms. The summed E-state index contributed by atoms with van der Waals surface area (Å²) in [7, 11) is 1.52. The first kappa shape index (κ1) is 28.1. The van der Waals surface area contributed by atoms with Crippen LogP contribution < -0.4 is 16.6 Å². The zero-order chi connectivity index (χ0) is 28.5. The van der Waals surface area contributed by atoms with E-state index < -0.39 is 47.3 Å². The van der Waals surface area contributed by atoms with Crippen LogP contribution >= 0.6 is 0 Å². The Hall–Kier alpha value is -3.93. The molecule has 0 spiro atoms. The van der Waals surface area contributed by atoms with Gasteiger partial charge in [0.05, 0.1) is 12.2 Å². The van der Waals surface area contributed by atoms with E-state index in [0.717, 1.165) is 4.57 Å². The highest BCUT2D eigenvalue weighted by molar-refractivity contribution is 5.93. The van der Waals surface area contributed by atoms with E-state index in [1.807, 2.05) is 0 Å². The van der Waals surface area contributed by atoms with Gasteiger partial charge >= 0.3 is 17.8 Å². The first-order valence-corrected chi connectivity index (χ1v) is 12.4. The number of hydrogen-bond donors (Lipinski definition) is 2. The van der Waals surface area contributed by atoms with Crippen molar-refractivity contribution < 1.29 is 27.9 Å². The van der Waals surface area contributed by atoms with Crippen LogP contribution in [0.4, 0.5) is 13.2 Å². The maximum Gasteiger partial charge on any atom is 0.401 e. The van der Waals surface area contributed by atoms with E-state index in [4.69, 9.17) is 0 Å². The number of nitrogens with one attached hydrogen (secondary N) is 1. The Morgan fingerprint density at radius 3 is 2.33 bits per heavy atom. The molecule has 3 aromatic rings. The Kier molecular flexibility index (Phi) is 7.69. The largest absolute Gasteiger partial charge is 0.480 e. The van der Waals surface area contributed by atoms with Crippen LogP contribution in [0.3, 0.4) is 0 Å². The molecule has 1 amide bonds. The highest BCUT2D eigenvalue weighted by Crippen LogP contribution is 2.33. The molecule has 1 atom stereocenters. The SMILES string of the molecule is Cn1ccc(=O)n(-c2cccc3c(C[C@H](NC(=O)C4(C)CCN(CC(F)(F)F)CC4)C(=O)O)cccc23)c1=O. The minimum Gasteiger partial charge on any atom is -0.480 e. The normalized spacial score (nSPS) is 16.6. The number of rotatable bonds is 7. The van der Waals surface area contributed by atoms with Gasteiger partial charge in [0.1, 0.15) is 6.04 Å². The molecule has 39 heavy (non-hydrogen) atoms. The molecular weight excluding hydrogens is 517 g/mol. The minimum atomic E-state index is -4.33. The number of carboxylic acids is 1. The van der Waals surface area contributed by atoms with Crippen molar-refractivity contribution in [2.75, 3.05) is 19.6 Å². The van der Waals surface area contributed by atoms with Gasteiger partial charge in [0, 0.05) is 36.5 Å². The second kappa shape index (κ2) is 10.7. The van der Waals surface area contributed by atoms with Crippen molar-refractivity contribution in [3.63, 3.8) is 0 Å². The molecule has 4 rings (SSSR count). The second-order valence-corrected chi connectivity index (χ2v) is 10.2. The van der Waals surface area contributed by atoms with Gasteiger partial charge in [-0.1, -0.05) is 37.3 Å². The maximum atomic E-state index is 13.1. The topological polar surface area (TPSA) is 114 Å². The van der Waals surface area contributed by atoms with Crippen LogP contribution in [0.15, 0.2) is 58.3 Å². The number of likely N-dealkylation sites (tertiary alicyclic amines) is 1. The summed E-state index contributed by atoms with van der Waals surface area (Å²) in [4.78, 5) is 51.8. The zero-order valence-corrected chi connectivity index (χ0v) is 21.5. The number of carboxylic acid groups (broad SMARTS) is 1. The fraction of sp³-hybridized carbons (Fsp3) is 0.407. The Morgan fingerprint density at radius 1 is 1.05 bits per heavy atom. The van der Waals surface area contributed by atoms with Crippen LogP contribution in [0.2, 0.25) is 0 Å². The van der Waals surface area contributed by atoms with E-state index in [-0.39, 0.29) is 32.4 Å². The highest BCUT2D eigenvalue weighted by atomic mass is 19.4. The molecule has 1 aromatic heterocycles. The molecule has 0 unspecified atom stereocenters. The van der Waals surface area contributed by atoms with Crippen molar-refractivity contribution >= 4 is 22.6 Å². The number of amides is 1. The van der Waals surface area contributed by atoms with Gasteiger partial charge in [-0.15, -0.1) is 0 Å². The molecule has 0 radical (unpaired) electrons. The van der Waals surface area contributed by atoms with Crippen molar-refractivity contribution in [3.05, 3.63) is 75.1 Å². The third-order valence-electron chi connectivity index (χ3n) is 7.32. The third kappa shape index (κ3) is 6.06. The fourth-order valence-electron chi connectivity index (χ4n) is 4.96. The molecule has 1 aliphatic rings. The lowest BCUT2D eigenvalue weighted by atomic mass is 9.79. The smallest absolute Gasteiger partial charge is 0.401 e. The lowest BCUT2D eigenvalue weighted by Crippen LogP contribution is -2.53. The molecule has 1 fully saturated rings. The summed E-state index contributed by atoms with van der Waals surface area (Å²) in [6.07, 6.45) is -2.71. The van der Waals surface area contributed by atoms with Crippen LogP contribution in [0, 0.1) is 5.41 Å². The summed E-state index contributed by atoms with van der Waals surface area (Å²) in [6.45, 7) is 0.734. The first-order valence-electron chi connectivity index (χ1n) is 12.4. The van der Waals surface area contributed by atoms with Crippen molar-refractivity contribution in [1.29, 1.82) is 0 Å². The number of piperidine rings is 1. The van der Waals surface area contributed by atoms with Crippen LogP contribution in [0.1, 0.15) is 25.3 Å². The molecule has 1 aliphatic heterocycles. The van der Waals surface area contributed by atoms with Crippen molar-refractivity contribution in [3.8, 4) is 5.69 Å². The average Bonchev–Trinajstić information content (AvgIpc) is 2.87. The van der Waals surface area contributed by atoms with Crippen LogP contribution in [-0.4, -0.2) is 62.9 Å². The number of fused-ring (bicyclic) bond motifs is 1. The van der Waals surface area contributed by atoms with Crippen LogP contribution in [0.5, 0.6) is 0 Å². The van der Waals surface area contributed by atoms with E-state index in [1.54, 1.807) is 43.3 Å². The summed E-state index contributed by atoms with van der Waals surface area (Å²) in [5, 5.41) is 13.7. The van der Waals surface area contributed by atoms with Gasteiger partial charge in [0.25, 0.3) is 5.56 Å². The number of carbonyl (C=O) groups excluding carboxylic acids is 1.